The van der Waals surface area contributed by atoms with Gasteiger partial charge in [-0.05, 0) is 43.3 Å². The van der Waals surface area contributed by atoms with E-state index in [9.17, 15) is 24.5 Å². The number of nitro benzene ring substituents is 1. The first-order valence-electron chi connectivity index (χ1n) is 7.58. The smallest absolute Gasteiger partial charge is 0.269 e. The van der Waals surface area contributed by atoms with Gasteiger partial charge in [-0.3, -0.25) is 24.5 Å². The lowest BCUT2D eigenvalue weighted by Gasteiger charge is -2.20. The summed E-state index contributed by atoms with van der Waals surface area (Å²) < 4.78 is 0. The average molecular weight is 340 g/mol. The van der Waals surface area contributed by atoms with Crippen LogP contribution in [-0.4, -0.2) is 22.5 Å². The Kier molecular flexibility index (Phi) is 5.38. The van der Waals surface area contributed by atoms with Crippen molar-refractivity contribution in [3.63, 3.8) is 0 Å². The van der Waals surface area contributed by atoms with Crippen molar-refractivity contribution in [2.45, 2.75) is 20.3 Å². The van der Waals surface area contributed by atoms with Gasteiger partial charge in [0.05, 0.1) is 10.6 Å². The maximum atomic E-state index is 12.7. The number of ketones is 1. The molecule has 0 heterocycles. The molecular weight excluding hydrogens is 324 g/mol. The molecule has 0 aliphatic heterocycles. The van der Waals surface area contributed by atoms with E-state index in [2.05, 4.69) is 0 Å². The van der Waals surface area contributed by atoms with Gasteiger partial charge in [0.15, 0.2) is 5.78 Å². The molecular formula is C18H16N2O5. The normalized spacial score (nSPS) is 10.2. The van der Waals surface area contributed by atoms with Crippen LogP contribution in [0.3, 0.4) is 0 Å². The second kappa shape index (κ2) is 7.48. The van der Waals surface area contributed by atoms with Crippen LogP contribution < -0.4 is 4.90 Å². The molecule has 0 fully saturated rings. The lowest BCUT2D eigenvalue weighted by Crippen LogP contribution is -2.36. The maximum absolute atomic E-state index is 12.7. The van der Waals surface area contributed by atoms with E-state index in [4.69, 9.17) is 0 Å². The number of Topliss-reactive ketones (excluding diaryl/α,β-unsaturated/α-hetero) is 1. The zero-order chi connectivity index (χ0) is 18.6. The molecule has 128 valence electrons. The predicted molar refractivity (Wildman–Crippen MR) is 91.7 cm³/mol. The summed E-state index contributed by atoms with van der Waals surface area (Å²) in [5.74, 6) is -1.13. The van der Waals surface area contributed by atoms with Gasteiger partial charge < -0.3 is 0 Å². The van der Waals surface area contributed by atoms with Crippen LogP contribution in [0.15, 0.2) is 48.5 Å². The molecule has 0 saturated heterocycles. The summed E-state index contributed by atoms with van der Waals surface area (Å²) in [6, 6.07) is 11.1. The monoisotopic (exact) mass is 340 g/mol. The Morgan fingerprint density at radius 3 is 1.92 bits per heavy atom. The molecule has 0 unspecified atom stereocenters. The summed E-state index contributed by atoms with van der Waals surface area (Å²) in [5, 5.41) is 10.7. The number of benzene rings is 2. The molecule has 0 N–H and O–H groups in total. The topological polar surface area (TPSA) is 97.6 Å². The van der Waals surface area contributed by atoms with Gasteiger partial charge in [0.1, 0.15) is 0 Å². The van der Waals surface area contributed by atoms with E-state index >= 15 is 0 Å². The fourth-order valence-electron chi connectivity index (χ4n) is 2.23. The standard InChI is InChI=1S/C18H16N2O5/c1-3-17(22)19(15-8-4-13(5-9-15)12(2)21)18(23)14-6-10-16(11-7-14)20(24)25/h4-11H,3H2,1-2H3. The number of nitrogens with zero attached hydrogens (tertiary/aromatic N) is 2. The van der Waals surface area contributed by atoms with E-state index in [-0.39, 0.29) is 23.5 Å². The first-order valence-corrected chi connectivity index (χ1v) is 7.58. The molecule has 0 aromatic heterocycles. The molecule has 0 aliphatic rings. The Bertz CT molecular complexity index is 826. The van der Waals surface area contributed by atoms with Crippen LogP contribution in [0.2, 0.25) is 0 Å². The van der Waals surface area contributed by atoms with Gasteiger partial charge in [-0.2, -0.15) is 0 Å². The number of imide groups is 1. The van der Waals surface area contributed by atoms with Crippen LogP contribution >= 0.6 is 0 Å². The Morgan fingerprint density at radius 2 is 1.48 bits per heavy atom. The van der Waals surface area contributed by atoms with Crippen LogP contribution in [0.1, 0.15) is 41.0 Å². The van der Waals surface area contributed by atoms with Crippen molar-refractivity contribution in [1.82, 2.24) is 0 Å². The molecule has 2 aromatic carbocycles. The third kappa shape index (κ3) is 3.95. The largest absolute Gasteiger partial charge is 0.295 e. The molecule has 0 spiro atoms. The van der Waals surface area contributed by atoms with Crippen LogP contribution in [0, 0.1) is 10.1 Å². The summed E-state index contributed by atoms with van der Waals surface area (Å²) in [6.07, 6.45) is 0.104. The number of amides is 2. The van der Waals surface area contributed by atoms with Gasteiger partial charge in [-0.1, -0.05) is 6.92 Å². The minimum absolute atomic E-state index is 0.104. The summed E-state index contributed by atoms with van der Waals surface area (Å²) in [6.45, 7) is 3.05. The van der Waals surface area contributed by atoms with Crippen LogP contribution in [-0.2, 0) is 4.79 Å². The van der Waals surface area contributed by atoms with Crippen molar-refractivity contribution in [2.24, 2.45) is 0 Å². The summed E-state index contributed by atoms with van der Waals surface area (Å²) in [5.41, 5.74) is 0.814. The number of carbonyl (C=O) groups is 3. The van der Waals surface area contributed by atoms with Crippen molar-refractivity contribution < 1.29 is 19.3 Å². The highest BCUT2D eigenvalue weighted by Gasteiger charge is 2.24. The van der Waals surface area contributed by atoms with Crippen molar-refractivity contribution in [1.29, 1.82) is 0 Å². The molecule has 25 heavy (non-hydrogen) atoms. The Hall–Kier alpha value is -3.35. The lowest BCUT2D eigenvalue weighted by molar-refractivity contribution is -0.384. The number of hydrogen-bond acceptors (Lipinski definition) is 5. The maximum Gasteiger partial charge on any atom is 0.269 e. The van der Waals surface area contributed by atoms with E-state index < -0.39 is 16.7 Å². The van der Waals surface area contributed by atoms with E-state index in [1.165, 1.54) is 55.5 Å². The highest BCUT2D eigenvalue weighted by molar-refractivity contribution is 6.21. The highest BCUT2D eigenvalue weighted by atomic mass is 16.6. The van der Waals surface area contributed by atoms with Gasteiger partial charge in [0.25, 0.3) is 11.6 Å². The van der Waals surface area contributed by atoms with Crippen LogP contribution in [0.25, 0.3) is 0 Å². The summed E-state index contributed by atoms with van der Waals surface area (Å²) in [7, 11) is 0. The minimum atomic E-state index is -0.586. The van der Waals surface area contributed by atoms with E-state index in [1.807, 2.05) is 0 Å². The van der Waals surface area contributed by atoms with Gasteiger partial charge in [-0.15, -0.1) is 0 Å². The summed E-state index contributed by atoms with van der Waals surface area (Å²) >= 11 is 0. The Labute approximate surface area is 144 Å². The van der Waals surface area contributed by atoms with Crippen molar-refractivity contribution in [3.05, 3.63) is 69.8 Å². The molecule has 2 amide bonds. The first kappa shape index (κ1) is 18.0. The zero-order valence-electron chi connectivity index (χ0n) is 13.8. The number of carbonyl (C=O) groups excluding carboxylic acids is 3. The van der Waals surface area contributed by atoms with Gasteiger partial charge in [0.2, 0.25) is 5.91 Å². The quantitative estimate of drug-likeness (QED) is 0.472. The van der Waals surface area contributed by atoms with Crippen LogP contribution in [0.4, 0.5) is 11.4 Å². The van der Waals surface area contributed by atoms with Crippen molar-refractivity contribution in [2.75, 3.05) is 4.90 Å². The van der Waals surface area contributed by atoms with E-state index in [1.54, 1.807) is 6.92 Å². The summed E-state index contributed by atoms with van der Waals surface area (Å²) in [4.78, 5) is 47.5. The first-order chi connectivity index (χ1) is 11.8. The molecule has 0 bridgehead atoms. The van der Waals surface area contributed by atoms with E-state index in [0.29, 0.717) is 11.3 Å². The third-order valence-electron chi connectivity index (χ3n) is 3.61. The third-order valence-corrected chi connectivity index (χ3v) is 3.61. The number of hydrogen-bond donors (Lipinski definition) is 0. The highest BCUT2D eigenvalue weighted by Crippen LogP contribution is 2.21. The number of anilines is 1. The molecule has 0 radical (unpaired) electrons. The molecule has 0 aliphatic carbocycles. The fourth-order valence-corrected chi connectivity index (χ4v) is 2.23. The Balaban J connectivity index is 2.39. The van der Waals surface area contributed by atoms with Crippen molar-refractivity contribution >= 4 is 29.0 Å². The minimum Gasteiger partial charge on any atom is -0.295 e. The molecule has 0 saturated carbocycles. The molecule has 7 nitrogen and oxygen atoms in total. The predicted octanol–water partition coefficient (Wildman–Crippen LogP) is 3.38. The molecule has 0 atom stereocenters. The zero-order valence-corrected chi connectivity index (χ0v) is 13.8. The molecule has 7 heteroatoms. The van der Waals surface area contributed by atoms with Gasteiger partial charge >= 0.3 is 0 Å². The lowest BCUT2D eigenvalue weighted by atomic mass is 10.1. The number of nitro groups is 1. The second-order valence-electron chi connectivity index (χ2n) is 5.29. The van der Waals surface area contributed by atoms with Crippen molar-refractivity contribution in [3.8, 4) is 0 Å². The average Bonchev–Trinajstić information content (AvgIpc) is 2.62. The second-order valence-corrected chi connectivity index (χ2v) is 5.29. The van der Waals surface area contributed by atoms with Gasteiger partial charge in [-0.25, -0.2) is 4.90 Å². The Morgan fingerprint density at radius 1 is 0.960 bits per heavy atom. The van der Waals surface area contributed by atoms with E-state index in [0.717, 1.165) is 4.90 Å². The SMILES string of the molecule is CCC(=O)N(C(=O)c1ccc([N+](=O)[O-])cc1)c1ccc(C(C)=O)cc1. The van der Waals surface area contributed by atoms with Gasteiger partial charge in [0, 0.05) is 29.7 Å². The molecule has 2 aromatic rings. The number of non-ortho nitro benzene ring substituents is 1. The van der Waals surface area contributed by atoms with Crippen LogP contribution in [0.5, 0.6) is 0 Å². The number of rotatable bonds is 5. The fraction of sp³-hybridized carbons (Fsp3) is 0.167. The molecule has 2 rings (SSSR count).